The summed E-state index contributed by atoms with van der Waals surface area (Å²) >= 11 is 6.10. The first kappa shape index (κ1) is 29.7. The van der Waals surface area contributed by atoms with E-state index in [0.717, 1.165) is 97.5 Å². The average Bonchev–Trinajstić information content (AvgIpc) is 2.91. The van der Waals surface area contributed by atoms with E-state index >= 15 is 0 Å². The van der Waals surface area contributed by atoms with E-state index in [1.165, 1.54) is 5.56 Å². The minimum Gasteiger partial charge on any atom is -0.384 e. The van der Waals surface area contributed by atoms with Crippen LogP contribution >= 0.6 is 11.6 Å². The third kappa shape index (κ3) is 7.11. The Kier molecular flexibility index (Phi) is 9.88. The highest BCUT2D eigenvalue weighted by Crippen LogP contribution is 2.29. The minimum absolute atomic E-state index is 0.452. The van der Waals surface area contributed by atoms with Crippen LogP contribution in [0.2, 0.25) is 5.02 Å². The van der Waals surface area contributed by atoms with Gasteiger partial charge in [-0.3, -0.25) is 4.98 Å². The largest absolute Gasteiger partial charge is 0.384 e. The Morgan fingerprint density at radius 3 is 2.00 bits per heavy atom. The highest BCUT2D eigenvalue weighted by atomic mass is 35.5. The third-order valence-corrected chi connectivity index (χ3v) is 10.2. The van der Waals surface area contributed by atoms with Crippen molar-refractivity contribution in [3.63, 3.8) is 0 Å². The van der Waals surface area contributed by atoms with Gasteiger partial charge in [-0.25, -0.2) is 13.1 Å². The Balaban J connectivity index is 1.16. The summed E-state index contributed by atoms with van der Waals surface area (Å²) in [7, 11) is -3.53. The molecule has 1 saturated heterocycles. The van der Waals surface area contributed by atoms with Crippen LogP contribution in [0.1, 0.15) is 40.7 Å². The number of sulfonamides is 1. The van der Waals surface area contributed by atoms with Gasteiger partial charge in [0.25, 0.3) is 0 Å². The van der Waals surface area contributed by atoms with Crippen LogP contribution in [0.4, 0.5) is 5.69 Å². The monoisotopic (exact) mass is 571 g/mol. The summed E-state index contributed by atoms with van der Waals surface area (Å²) in [5.74, 6) is 0. The van der Waals surface area contributed by atoms with Crippen molar-refractivity contribution in [1.82, 2.24) is 19.5 Å². The maximum absolute atomic E-state index is 13.1. The molecule has 0 amide bonds. The highest BCUT2D eigenvalue weighted by molar-refractivity contribution is 7.89. The topological polar surface area (TPSA) is 77.6 Å². The second-order valence-corrected chi connectivity index (χ2v) is 12.8. The van der Waals surface area contributed by atoms with Crippen molar-refractivity contribution in [2.75, 3.05) is 57.7 Å². The van der Waals surface area contributed by atoms with Gasteiger partial charge in [0.2, 0.25) is 10.0 Å². The number of benzene rings is 2. The van der Waals surface area contributed by atoms with Gasteiger partial charge in [-0.05, 0) is 113 Å². The number of nitrogens with zero attached hydrogens (tertiary/aromatic N) is 3. The zero-order valence-electron chi connectivity index (χ0n) is 23.9. The standard InChI is InChI=1S/C30H42ClN5O2S/c1-21-22(2)24(4)30(25(5)23(21)3)39(37,38)34-12-7-15-36-18-16-35(17-19-36)14-6-11-32-28-10-13-33-29-20-26(31)8-9-27(28)29/h8-10,13,20,34H,6-7,11-12,14-19H2,1-5H3,(H,32,33). The van der Waals surface area contributed by atoms with Crippen LogP contribution < -0.4 is 10.0 Å². The van der Waals surface area contributed by atoms with Crippen LogP contribution in [-0.4, -0.2) is 75.6 Å². The summed E-state index contributed by atoms with van der Waals surface area (Å²) < 4.78 is 29.1. The van der Waals surface area contributed by atoms with Gasteiger partial charge in [0.05, 0.1) is 10.4 Å². The first-order valence-electron chi connectivity index (χ1n) is 13.9. The molecule has 1 aliphatic heterocycles. The number of hydrogen-bond acceptors (Lipinski definition) is 6. The molecule has 0 aliphatic carbocycles. The summed E-state index contributed by atoms with van der Waals surface area (Å²) in [4.78, 5) is 9.81. The lowest BCUT2D eigenvalue weighted by atomic mass is 9.95. The molecule has 9 heteroatoms. The fourth-order valence-corrected chi connectivity index (χ4v) is 7.32. The van der Waals surface area contributed by atoms with E-state index in [9.17, 15) is 8.42 Å². The Hall–Kier alpha value is -2.23. The summed E-state index contributed by atoms with van der Waals surface area (Å²) in [5, 5.41) is 5.34. The molecular weight excluding hydrogens is 530 g/mol. The van der Waals surface area contributed by atoms with E-state index in [2.05, 4.69) is 31.7 Å². The molecule has 0 unspecified atom stereocenters. The maximum atomic E-state index is 13.1. The molecule has 0 spiro atoms. The molecule has 2 heterocycles. The lowest BCUT2D eigenvalue weighted by Crippen LogP contribution is -2.47. The number of fused-ring (bicyclic) bond motifs is 1. The van der Waals surface area contributed by atoms with E-state index < -0.39 is 10.0 Å². The first-order valence-corrected chi connectivity index (χ1v) is 15.7. The lowest BCUT2D eigenvalue weighted by Gasteiger charge is -2.34. The molecule has 0 radical (unpaired) electrons. The summed E-state index contributed by atoms with van der Waals surface area (Å²) in [6.07, 6.45) is 3.68. The van der Waals surface area contributed by atoms with Crippen LogP contribution in [0.15, 0.2) is 35.4 Å². The zero-order chi connectivity index (χ0) is 28.2. The van der Waals surface area contributed by atoms with E-state index in [1.807, 2.05) is 58.2 Å². The molecule has 1 aromatic heterocycles. The van der Waals surface area contributed by atoms with Crippen molar-refractivity contribution >= 4 is 38.2 Å². The number of aromatic nitrogens is 1. The van der Waals surface area contributed by atoms with Gasteiger partial charge in [0.15, 0.2) is 0 Å². The van der Waals surface area contributed by atoms with Crippen LogP contribution in [-0.2, 0) is 10.0 Å². The van der Waals surface area contributed by atoms with Crippen molar-refractivity contribution < 1.29 is 8.42 Å². The number of hydrogen-bond donors (Lipinski definition) is 2. The third-order valence-electron chi connectivity index (χ3n) is 8.28. The molecule has 3 aromatic rings. The number of nitrogens with one attached hydrogen (secondary N) is 2. The van der Waals surface area contributed by atoms with Crippen LogP contribution in [0.3, 0.4) is 0 Å². The summed E-state index contributed by atoms with van der Waals surface area (Å²) in [6, 6.07) is 7.83. The van der Waals surface area contributed by atoms with Gasteiger partial charge in [-0.15, -0.1) is 0 Å². The Morgan fingerprint density at radius 2 is 1.38 bits per heavy atom. The second kappa shape index (κ2) is 13.0. The van der Waals surface area contributed by atoms with Gasteiger partial charge in [-0.2, -0.15) is 0 Å². The van der Waals surface area contributed by atoms with Gasteiger partial charge < -0.3 is 15.1 Å². The van der Waals surface area contributed by atoms with Crippen molar-refractivity contribution in [2.45, 2.75) is 52.4 Å². The Bertz CT molecular complexity index is 1390. The predicted octanol–water partition coefficient (Wildman–Crippen LogP) is 5.22. The van der Waals surface area contributed by atoms with Crippen LogP contribution in [0.25, 0.3) is 10.9 Å². The smallest absolute Gasteiger partial charge is 0.241 e. The molecule has 39 heavy (non-hydrogen) atoms. The number of piperazine rings is 1. The fourth-order valence-electron chi connectivity index (χ4n) is 5.49. The number of anilines is 1. The van der Waals surface area contributed by atoms with E-state index in [-0.39, 0.29) is 0 Å². The molecule has 4 rings (SSSR count). The molecule has 1 fully saturated rings. The molecule has 0 saturated carbocycles. The van der Waals surface area contributed by atoms with Crippen molar-refractivity contribution in [1.29, 1.82) is 0 Å². The van der Waals surface area contributed by atoms with Gasteiger partial charge >= 0.3 is 0 Å². The number of pyridine rings is 1. The predicted molar refractivity (Wildman–Crippen MR) is 163 cm³/mol. The quantitative estimate of drug-likeness (QED) is 0.307. The number of rotatable bonds is 11. The van der Waals surface area contributed by atoms with E-state index in [1.54, 1.807) is 0 Å². The molecule has 7 nitrogen and oxygen atoms in total. The Labute approximate surface area is 239 Å². The van der Waals surface area contributed by atoms with Crippen molar-refractivity contribution in [3.05, 3.63) is 63.3 Å². The molecule has 2 aromatic carbocycles. The molecule has 0 bridgehead atoms. The number of halogens is 1. The van der Waals surface area contributed by atoms with Crippen molar-refractivity contribution in [2.24, 2.45) is 0 Å². The maximum Gasteiger partial charge on any atom is 0.241 e. The van der Waals surface area contributed by atoms with Crippen LogP contribution in [0, 0.1) is 34.6 Å². The lowest BCUT2D eigenvalue weighted by molar-refractivity contribution is 0.131. The van der Waals surface area contributed by atoms with Gasteiger partial charge in [0, 0.05) is 61.6 Å². The second-order valence-electron chi connectivity index (χ2n) is 10.7. The molecular formula is C30H42ClN5O2S. The van der Waals surface area contributed by atoms with E-state index in [0.29, 0.717) is 16.5 Å². The molecule has 1 aliphatic rings. The van der Waals surface area contributed by atoms with Crippen molar-refractivity contribution in [3.8, 4) is 0 Å². The normalized spacial score (nSPS) is 15.2. The first-order chi connectivity index (χ1) is 18.6. The zero-order valence-corrected chi connectivity index (χ0v) is 25.5. The average molecular weight is 572 g/mol. The molecule has 212 valence electrons. The summed E-state index contributed by atoms with van der Waals surface area (Å²) in [5.41, 5.74) is 7.00. The summed E-state index contributed by atoms with van der Waals surface area (Å²) in [6.45, 7) is 17.3. The SMILES string of the molecule is Cc1c(C)c(C)c(S(=O)(=O)NCCCN2CCN(CCCNc3ccnc4cc(Cl)ccc34)CC2)c(C)c1C. The molecule has 0 atom stereocenters. The van der Waals surface area contributed by atoms with Crippen LogP contribution in [0.5, 0.6) is 0 Å². The van der Waals surface area contributed by atoms with Gasteiger partial charge in [-0.1, -0.05) is 11.6 Å². The minimum atomic E-state index is -3.53. The highest BCUT2D eigenvalue weighted by Gasteiger charge is 2.23. The van der Waals surface area contributed by atoms with Gasteiger partial charge in [0.1, 0.15) is 0 Å². The fraction of sp³-hybridized carbons (Fsp3) is 0.500. The van der Waals surface area contributed by atoms with E-state index in [4.69, 9.17) is 11.6 Å². The Morgan fingerprint density at radius 1 is 0.821 bits per heavy atom. The molecule has 2 N–H and O–H groups in total.